The smallest absolute Gasteiger partial charge is 0.252 e. The first kappa shape index (κ1) is 20.4. The second-order valence-electron chi connectivity index (χ2n) is 6.73. The molecule has 0 atom stereocenters. The molecule has 30 heavy (non-hydrogen) atoms. The molecule has 0 aromatic carbocycles. The van der Waals surface area contributed by atoms with E-state index in [0.29, 0.717) is 42.8 Å². The van der Waals surface area contributed by atoms with E-state index in [2.05, 4.69) is 20.3 Å². The second-order valence-corrected chi connectivity index (χ2v) is 10.1. The Morgan fingerprint density at radius 1 is 1.17 bits per heavy atom. The molecule has 0 spiro atoms. The molecule has 0 bridgehead atoms. The van der Waals surface area contributed by atoms with Gasteiger partial charge in [-0.1, -0.05) is 0 Å². The van der Waals surface area contributed by atoms with E-state index < -0.39 is 10.0 Å². The molecule has 0 aliphatic carbocycles. The Hall–Kier alpha value is -2.83. The quantitative estimate of drug-likeness (QED) is 0.596. The number of nitrogens with zero attached hydrogens (tertiary/aromatic N) is 6. The van der Waals surface area contributed by atoms with Crippen LogP contribution in [0.25, 0.3) is 5.82 Å². The van der Waals surface area contributed by atoms with Gasteiger partial charge in [0.2, 0.25) is 5.91 Å². The average molecular weight is 448 g/mol. The van der Waals surface area contributed by atoms with Crippen molar-refractivity contribution in [3.63, 3.8) is 0 Å². The highest BCUT2D eigenvalue weighted by Crippen LogP contribution is 2.26. The van der Waals surface area contributed by atoms with Crippen molar-refractivity contribution in [2.24, 2.45) is 0 Å². The molecule has 4 heterocycles. The zero-order chi connectivity index (χ0) is 21.1. The molecular weight excluding hydrogens is 426 g/mol. The van der Waals surface area contributed by atoms with Gasteiger partial charge in [0.25, 0.3) is 10.0 Å². The number of carbonyl (C=O) groups excluding carboxylic acids is 1. The third-order valence-electron chi connectivity index (χ3n) is 4.71. The molecule has 1 fully saturated rings. The lowest BCUT2D eigenvalue weighted by Crippen LogP contribution is -2.48. The molecule has 3 aromatic rings. The van der Waals surface area contributed by atoms with E-state index in [1.165, 1.54) is 28.9 Å². The van der Waals surface area contributed by atoms with Gasteiger partial charge in [0.05, 0.1) is 6.54 Å². The first-order valence-corrected chi connectivity index (χ1v) is 11.6. The van der Waals surface area contributed by atoms with Gasteiger partial charge in [0, 0.05) is 56.4 Å². The molecule has 10 nitrogen and oxygen atoms in total. The molecule has 1 aliphatic rings. The fourth-order valence-electron chi connectivity index (χ4n) is 3.13. The lowest BCUT2D eigenvalue weighted by Gasteiger charge is -2.34. The summed E-state index contributed by atoms with van der Waals surface area (Å²) >= 11 is 1.19. The number of hydrogen-bond donors (Lipinski definition) is 1. The van der Waals surface area contributed by atoms with Gasteiger partial charge < -0.3 is 10.2 Å². The molecule has 158 valence electrons. The fourth-order valence-corrected chi connectivity index (χ4v) is 6.01. The van der Waals surface area contributed by atoms with Crippen molar-refractivity contribution in [3.8, 4) is 5.82 Å². The van der Waals surface area contributed by atoms with Crippen molar-refractivity contribution in [3.05, 3.63) is 48.1 Å². The van der Waals surface area contributed by atoms with Crippen LogP contribution < -0.4 is 10.2 Å². The van der Waals surface area contributed by atoms with Gasteiger partial charge in [-0.3, -0.25) is 9.36 Å². The van der Waals surface area contributed by atoms with Crippen LogP contribution in [0, 0.1) is 0 Å². The summed E-state index contributed by atoms with van der Waals surface area (Å²) < 4.78 is 29.6. The Morgan fingerprint density at radius 3 is 2.63 bits per heavy atom. The fraction of sp³-hybridized carbons (Fsp3) is 0.333. The Balaban J connectivity index is 1.42. The van der Waals surface area contributed by atoms with Gasteiger partial charge >= 0.3 is 0 Å². The molecule has 12 heteroatoms. The predicted molar refractivity (Wildman–Crippen MR) is 112 cm³/mol. The largest absolute Gasteiger partial charge is 0.354 e. The number of nitrogens with one attached hydrogen (secondary N) is 1. The van der Waals surface area contributed by atoms with Crippen LogP contribution in [0.4, 0.5) is 5.82 Å². The van der Waals surface area contributed by atoms with E-state index in [-0.39, 0.29) is 5.91 Å². The molecule has 4 rings (SSSR count). The third kappa shape index (κ3) is 4.35. The maximum atomic E-state index is 13.0. The van der Waals surface area contributed by atoms with Crippen LogP contribution in [-0.2, 0) is 21.4 Å². The van der Waals surface area contributed by atoms with Gasteiger partial charge in [-0.2, -0.15) is 4.31 Å². The van der Waals surface area contributed by atoms with Crippen LogP contribution >= 0.6 is 11.3 Å². The zero-order valence-corrected chi connectivity index (χ0v) is 17.9. The van der Waals surface area contributed by atoms with Gasteiger partial charge in [0.15, 0.2) is 0 Å². The first-order chi connectivity index (χ1) is 14.4. The number of aromatic nitrogens is 4. The average Bonchev–Trinajstić information content (AvgIpc) is 3.45. The van der Waals surface area contributed by atoms with Crippen molar-refractivity contribution < 1.29 is 13.2 Å². The molecule has 0 unspecified atom stereocenters. The van der Waals surface area contributed by atoms with Crippen LogP contribution in [0.15, 0.2) is 47.5 Å². The van der Waals surface area contributed by atoms with E-state index >= 15 is 0 Å². The number of sulfonamides is 1. The lowest BCUT2D eigenvalue weighted by atomic mass is 10.3. The summed E-state index contributed by atoms with van der Waals surface area (Å²) in [5.41, 5.74) is 0. The molecule has 3 aromatic heterocycles. The van der Waals surface area contributed by atoms with E-state index in [0.717, 1.165) is 10.7 Å². The van der Waals surface area contributed by atoms with Crippen LogP contribution in [0.3, 0.4) is 0 Å². The highest BCUT2D eigenvalue weighted by Gasteiger charge is 2.30. The summed E-state index contributed by atoms with van der Waals surface area (Å²) in [5.74, 6) is 1.31. The molecular formula is C18H21N7O3S2. The molecule has 0 radical (unpaired) electrons. The van der Waals surface area contributed by atoms with Gasteiger partial charge in [-0.25, -0.2) is 23.4 Å². The molecule has 1 aliphatic heterocycles. The number of piperazine rings is 1. The summed E-state index contributed by atoms with van der Waals surface area (Å²) in [6.45, 7) is 3.56. The minimum atomic E-state index is -3.56. The highest BCUT2D eigenvalue weighted by molar-refractivity contribution is 7.91. The topological polar surface area (TPSA) is 113 Å². The summed E-state index contributed by atoms with van der Waals surface area (Å²) in [7, 11) is -3.56. The molecule has 0 saturated carbocycles. The highest BCUT2D eigenvalue weighted by atomic mass is 32.2. The number of imidazole rings is 1. The number of thiophene rings is 1. The second kappa shape index (κ2) is 8.50. The minimum Gasteiger partial charge on any atom is -0.354 e. The Morgan fingerprint density at radius 2 is 1.93 bits per heavy atom. The maximum Gasteiger partial charge on any atom is 0.252 e. The standard InChI is InChI=1S/C18H21N7O3S2/c1-14(26)20-11-15-2-3-18(29-15)30(27,28)25-8-6-23(7-9-25)16-10-17(22-12-21-16)24-5-4-19-13-24/h2-5,10,12-13H,6-9,11H2,1H3,(H,20,26). The SMILES string of the molecule is CC(=O)NCc1ccc(S(=O)(=O)N2CCN(c3cc(-n4ccnc4)ncn3)CC2)s1. The Bertz CT molecular complexity index is 1120. The van der Waals surface area contributed by atoms with E-state index in [1.54, 1.807) is 35.4 Å². The number of amides is 1. The Labute approximate surface area is 178 Å². The van der Waals surface area contributed by atoms with Gasteiger partial charge in [-0.05, 0) is 12.1 Å². The van der Waals surface area contributed by atoms with Gasteiger partial charge in [-0.15, -0.1) is 11.3 Å². The van der Waals surface area contributed by atoms with Gasteiger partial charge in [0.1, 0.15) is 28.5 Å². The van der Waals surface area contributed by atoms with Crippen molar-refractivity contribution in [1.29, 1.82) is 0 Å². The maximum absolute atomic E-state index is 13.0. The number of carbonyl (C=O) groups is 1. The first-order valence-electron chi connectivity index (χ1n) is 9.32. The van der Waals surface area contributed by atoms with Crippen LogP contribution in [0.2, 0.25) is 0 Å². The molecule has 1 amide bonds. The van der Waals surface area contributed by atoms with Crippen LogP contribution in [0.1, 0.15) is 11.8 Å². The minimum absolute atomic E-state index is 0.148. The van der Waals surface area contributed by atoms with Crippen molar-refractivity contribution in [2.75, 3.05) is 31.1 Å². The number of anilines is 1. The lowest BCUT2D eigenvalue weighted by molar-refractivity contribution is -0.119. The zero-order valence-electron chi connectivity index (χ0n) is 16.3. The van der Waals surface area contributed by atoms with E-state index in [9.17, 15) is 13.2 Å². The molecule has 1 N–H and O–H groups in total. The third-order valence-corrected chi connectivity index (χ3v) is 8.16. The number of hydrogen-bond acceptors (Lipinski definition) is 8. The van der Waals surface area contributed by atoms with Crippen LogP contribution in [-0.4, -0.2) is 64.3 Å². The predicted octanol–water partition coefficient (Wildman–Crippen LogP) is 0.871. The van der Waals surface area contributed by atoms with Crippen LogP contribution in [0.5, 0.6) is 0 Å². The normalized spacial score (nSPS) is 15.3. The number of rotatable bonds is 6. The van der Waals surface area contributed by atoms with E-state index in [1.807, 2.05) is 11.0 Å². The molecule has 1 saturated heterocycles. The summed E-state index contributed by atoms with van der Waals surface area (Å²) in [6.07, 6.45) is 6.64. The Kier molecular flexibility index (Phi) is 5.79. The summed E-state index contributed by atoms with van der Waals surface area (Å²) in [6, 6.07) is 5.20. The van der Waals surface area contributed by atoms with Crippen molar-refractivity contribution in [2.45, 2.75) is 17.7 Å². The van der Waals surface area contributed by atoms with Crippen molar-refractivity contribution >= 4 is 33.1 Å². The summed E-state index contributed by atoms with van der Waals surface area (Å²) in [4.78, 5) is 26.5. The van der Waals surface area contributed by atoms with E-state index in [4.69, 9.17) is 0 Å². The summed E-state index contributed by atoms with van der Waals surface area (Å²) in [5, 5.41) is 2.68. The monoisotopic (exact) mass is 447 g/mol. The van der Waals surface area contributed by atoms with Crippen molar-refractivity contribution in [1.82, 2.24) is 29.1 Å².